The first-order valence-electron chi connectivity index (χ1n) is 7.22. The summed E-state index contributed by atoms with van der Waals surface area (Å²) < 4.78 is 5.29. The highest BCUT2D eigenvalue weighted by Gasteiger charge is 2.15. The molecule has 115 valence electrons. The van der Waals surface area contributed by atoms with Crippen LogP contribution in [0.2, 0.25) is 0 Å². The van der Waals surface area contributed by atoms with E-state index in [1.54, 1.807) is 6.92 Å². The van der Waals surface area contributed by atoms with Crippen molar-refractivity contribution in [2.75, 3.05) is 32.8 Å². The normalized spacial score (nSPS) is 19.3. The Kier molecular flexibility index (Phi) is 7.54. The maximum absolute atomic E-state index is 11.7. The third-order valence-corrected chi connectivity index (χ3v) is 3.51. The third kappa shape index (κ3) is 6.86. The van der Waals surface area contributed by atoms with Gasteiger partial charge in [-0.1, -0.05) is 6.92 Å². The second kappa shape index (κ2) is 8.92. The summed E-state index contributed by atoms with van der Waals surface area (Å²) in [6.45, 7) is 8.17. The van der Waals surface area contributed by atoms with Crippen LogP contribution in [0.4, 0.5) is 0 Å². The van der Waals surface area contributed by atoms with E-state index >= 15 is 0 Å². The number of nitrogens with two attached hydrogens (primary N) is 1. The molecule has 0 aromatic heterocycles. The lowest BCUT2D eigenvalue weighted by Gasteiger charge is -2.27. The minimum absolute atomic E-state index is 0.116. The van der Waals surface area contributed by atoms with Crippen LogP contribution < -0.4 is 11.1 Å². The van der Waals surface area contributed by atoms with Crippen LogP contribution in [0.5, 0.6) is 0 Å². The molecule has 6 nitrogen and oxygen atoms in total. The molecule has 1 saturated heterocycles. The molecule has 20 heavy (non-hydrogen) atoms. The molecule has 1 fully saturated rings. The fraction of sp³-hybridized carbons (Fsp3) is 0.786. The highest BCUT2D eigenvalue weighted by molar-refractivity contribution is 5.86. The SMILES string of the molecule is CC(C[CH]C(=O)N[C@@H](C)CCN1CCOCC1)C(N)=O. The van der Waals surface area contributed by atoms with Crippen molar-refractivity contribution in [2.24, 2.45) is 11.7 Å². The number of amides is 2. The number of nitrogens with zero attached hydrogens (tertiary/aromatic N) is 1. The summed E-state index contributed by atoms with van der Waals surface area (Å²) in [6.07, 6.45) is 2.79. The molecule has 0 aromatic rings. The van der Waals surface area contributed by atoms with Crippen LogP contribution in [0.15, 0.2) is 0 Å². The summed E-state index contributed by atoms with van der Waals surface area (Å²) in [5, 5.41) is 2.91. The van der Waals surface area contributed by atoms with Crippen molar-refractivity contribution in [3.05, 3.63) is 6.42 Å². The smallest absolute Gasteiger partial charge is 0.224 e. The van der Waals surface area contributed by atoms with Gasteiger partial charge >= 0.3 is 0 Å². The summed E-state index contributed by atoms with van der Waals surface area (Å²) in [4.78, 5) is 24.9. The van der Waals surface area contributed by atoms with Crippen LogP contribution in [0, 0.1) is 12.3 Å². The number of nitrogens with one attached hydrogen (secondary N) is 1. The first-order chi connectivity index (χ1) is 9.49. The molecule has 6 heteroatoms. The Balaban J connectivity index is 2.12. The molecule has 2 atom stereocenters. The summed E-state index contributed by atoms with van der Waals surface area (Å²) >= 11 is 0. The molecule has 1 radical (unpaired) electrons. The van der Waals surface area contributed by atoms with Crippen molar-refractivity contribution >= 4 is 11.8 Å². The minimum atomic E-state index is -0.380. The second-order valence-electron chi connectivity index (χ2n) is 5.40. The van der Waals surface area contributed by atoms with Crippen LogP contribution in [0.25, 0.3) is 0 Å². The van der Waals surface area contributed by atoms with Gasteiger partial charge < -0.3 is 15.8 Å². The number of rotatable bonds is 8. The van der Waals surface area contributed by atoms with E-state index in [0.29, 0.717) is 6.42 Å². The van der Waals surface area contributed by atoms with E-state index in [0.717, 1.165) is 39.3 Å². The van der Waals surface area contributed by atoms with Crippen molar-refractivity contribution < 1.29 is 14.3 Å². The van der Waals surface area contributed by atoms with Crippen LogP contribution in [-0.4, -0.2) is 55.6 Å². The van der Waals surface area contributed by atoms with Crippen LogP contribution >= 0.6 is 0 Å². The highest BCUT2D eigenvalue weighted by Crippen LogP contribution is 2.04. The fourth-order valence-corrected chi connectivity index (χ4v) is 1.97. The van der Waals surface area contributed by atoms with Crippen molar-refractivity contribution in [1.82, 2.24) is 10.2 Å². The molecule has 0 bridgehead atoms. The molecule has 0 aliphatic carbocycles. The summed E-state index contributed by atoms with van der Waals surface area (Å²) in [7, 11) is 0. The molecule has 1 heterocycles. The van der Waals surface area contributed by atoms with E-state index < -0.39 is 0 Å². The van der Waals surface area contributed by atoms with Gasteiger partial charge in [0.1, 0.15) is 0 Å². The Morgan fingerprint density at radius 3 is 2.60 bits per heavy atom. The molecular weight excluding hydrogens is 258 g/mol. The van der Waals surface area contributed by atoms with Gasteiger partial charge in [0.15, 0.2) is 0 Å². The van der Waals surface area contributed by atoms with E-state index in [-0.39, 0.29) is 23.8 Å². The number of carbonyl (C=O) groups is 2. The average molecular weight is 284 g/mol. The predicted octanol–water partition coefficient (Wildman–Crippen LogP) is -0.0708. The molecule has 1 rings (SSSR count). The lowest BCUT2D eigenvalue weighted by molar-refractivity contribution is -0.121. The van der Waals surface area contributed by atoms with Gasteiger partial charge in [-0.05, 0) is 19.8 Å². The van der Waals surface area contributed by atoms with Crippen LogP contribution in [0.1, 0.15) is 26.7 Å². The minimum Gasteiger partial charge on any atom is -0.379 e. The molecule has 2 amide bonds. The zero-order chi connectivity index (χ0) is 15.0. The van der Waals surface area contributed by atoms with Gasteiger partial charge in [0, 0.05) is 31.6 Å². The van der Waals surface area contributed by atoms with Gasteiger partial charge in [0.2, 0.25) is 11.8 Å². The summed E-state index contributed by atoms with van der Waals surface area (Å²) in [6, 6.07) is 0.116. The number of ether oxygens (including phenoxy) is 1. The summed E-state index contributed by atoms with van der Waals surface area (Å²) in [5.74, 6) is -0.814. The van der Waals surface area contributed by atoms with Crippen molar-refractivity contribution in [1.29, 1.82) is 0 Å². The van der Waals surface area contributed by atoms with Gasteiger partial charge in [-0.3, -0.25) is 14.5 Å². The largest absolute Gasteiger partial charge is 0.379 e. The monoisotopic (exact) mass is 284 g/mol. The van der Waals surface area contributed by atoms with E-state index in [9.17, 15) is 9.59 Å². The summed E-state index contributed by atoms with van der Waals surface area (Å²) in [5.41, 5.74) is 5.15. The highest BCUT2D eigenvalue weighted by atomic mass is 16.5. The van der Waals surface area contributed by atoms with Gasteiger partial charge in [-0.15, -0.1) is 0 Å². The number of primary amides is 1. The van der Waals surface area contributed by atoms with E-state index in [4.69, 9.17) is 10.5 Å². The maximum Gasteiger partial charge on any atom is 0.224 e. The first kappa shape index (κ1) is 16.9. The molecule has 1 aliphatic rings. The Bertz CT molecular complexity index is 317. The predicted molar refractivity (Wildman–Crippen MR) is 76.8 cm³/mol. The van der Waals surface area contributed by atoms with Crippen LogP contribution in [-0.2, 0) is 14.3 Å². The molecule has 1 unspecified atom stereocenters. The van der Waals surface area contributed by atoms with E-state index in [1.807, 2.05) is 6.92 Å². The molecule has 0 saturated carbocycles. The van der Waals surface area contributed by atoms with E-state index in [2.05, 4.69) is 10.2 Å². The number of carbonyl (C=O) groups excluding carboxylic acids is 2. The van der Waals surface area contributed by atoms with Gasteiger partial charge in [0.25, 0.3) is 0 Å². The lowest BCUT2D eigenvalue weighted by Crippen LogP contribution is -2.40. The quantitative estimate of drug-likeness (QED) is 0.653. The van der Waals surface area contributed by atoms with Crippen molar-refractivity contribution in [2.45, 2.75) is 32.7 Å². The van der Waals surface area contributed by atoms with Crippen LogP contribution in [0.3, 0.4) is 0 Å². The lowest BCUT2D eigenvalue weighted by atomic mass is 10.0. The third-order valence-electron chi connectivity index (χ3n) is 3.51. The van der Waals surface area contributed by atoms with Gasteiger partial charge in [0.05, 0.1) is 19.6 Å². The Morgan fingerprint density at radius 2 is 2.00 bits per heavy atom. The Hall–Kier alpha value is -1.14. The molecule has 1 aliphatic heterocycles. The number of morpholine rings is 1. The first-order valence-corrected chi connectivity index (χ1v) is 7.22. The van der Waals surface area contributed by atoms with Crippen molar-refractivity contribution in [3.8, 4) is 0 Å². The molecule has 0 aromatic carbocycles. The van der Waals surface area contributed by atoms with Gasteiger partial charge in [-0.25, -0.2) is 0 Å². The Morgan fingerprint density at radius 1 is 1.35 bits per heavy atom. The second-order valence-corrected chi connectivity index (χ2v) is 5.40. The van der Waals surface area contributed by atoms with Gasteiger partial charge in [-0.2, -0.15) is 0 Å². The zero-order valence-corrected chi connectivity index (χ0v) is 12.4. The molecule has 3 N–H and O–H groups in total. The number of hydrogen-bond acceptors (Lipinski definition) is 4. The fourth-order valence-electron chi connectivity index (χ4n) is 1.97. The molecular formula is C14H26N3O3. The molecule has 0 spiro atoms. The van der Waals surface area contributed by atoms with Crippen molar-refractivity contribution in [3.63, 3.8) is 0 Å². The number of hydrogen-bond donors (Lipinski definition) is 2. The standard InChI is InChI=1S/C14H26N3O3/c1-11(14(15)19)3-4-13(18)16-12(2)5-6-17-7-9-20-10-8-17/h4,11-12H,3,5-10H2,1-2H3,(H2,15,19)(H,16,18)/t11?,12-/m0/s1. The topological polar surface area (TPSA) is 84.7 Å². The Labute approximate surface area is 121 Å². The average Bonchev–Trinajstić information content (AvgIpc) is 2.43. The zero-order valence-electron chi connectivity index (χ0n) is 12.4. The maximum atomic E-state index is 11.7. The van der Waals surface area contributed by atoms with E-state index in [1.165, 1.54) is 6.42 Å².